The molecule has 0 aliphatic carbocycles. The average Bonchev–Trinajstić information content (AvgIpc) is 2.25. The van der Waals surface area contributed by atoms with E-state index >= 15 is 0 Å². The van der Waals surface area contributed by atoms with E-state index in [9.17, 15) is 13.2 Å². The fourth-order valence-corrected chi connectivity index (χ4v) is 1.77. The number of hydrogen-bond donors (Lipinski definition) is 3. The molecule has 0 heterocycles. The second-order valence-electron chi connectivity index (χ2n) is 3.70. The Bertz CT molecular complexity index is 511. The molecule has 0 aromatic heterocycles. The van der Waals surface area contributed by atoms with Gasteiger partial charge in [-0.3, -0.25) is 4.79 Å². The summed E-state index contributed by atoms with van der Waals surface area (Å²) in [4.78, 5) is 11.2. The Hall–Kier alpha value is -1.44. The highest BCUT2D eigenvalue weighted by Gasteiger charge is 2.09. The van der Waals surface area contributed by atoms with Crippen LogP contribution in [0.2, 0.25) is 0 Å². The standard InChI is InChI=1S/C10H15N3O3S/c1-7(11)10(14)13-6-8-3-2-4-9(5-8)17(12,15)16/h2-5,7H,6,11H2,1H3,(H,13,14)(H2,12,15,16)/t7-/m0/s1. The van der Waals surface area contributed by atoms with Gasteiger partial charge in [0.15, 0.2) is 0 Å². The van der Waals surface area contributed by atoms with E-state index in [0.717, 1.165) is 0 Å². The maximum Gasteiger partial charge on any atom is 0.238 e. The average molecular weight is 257 g/mol. The molecule has 17 heavy (non-hydrogen) atoms. The lowest BCUT2D eigenvalue weighted by Crippen LogP contribution is -2.37. The van der Waals surface area contributed by atoms with Crippen molar-refractivity contribution in [1.82, 2.24) is 5.32 Å². The summed E-state index contributed by atoms with van der Waals surface area (Å²) in [5, 5.41) is 7.57. The van der Waals surface area contributed by atoms with Gasteiger partial charge in [0.1, 0.15) is 0 Å². The van der Waals surface area contributed by atoms with Crippen LogP contribution in [-0.2, 0) is 21.4 Å². The first-order chi connectivity index (χ1) is 7.80. The van der Waals surface area contributed by atoms with Crippen molar-refractivity contribution in [3.8, 4) is 0 Å². The van der Waals surface area contributed by atoms with Gasteiger partial charge in [-0.2, -0.15) is 0 Å². The van der Waals surface area contributed by atoms with Gasteiger partial charge in [0.25, 0.3) is 0 Å². The summed E-state index contributed by atoms with van der Waals surface area (Å²) < 4.78 is 22.2. The summed E-state index contributed by atoms with van der Waals surface area (Å²) in [7, 11) is -3.72. The number of sulfonamides is 1. The van der Waals surface area contributed by atoms with Gasteiger partial charge in [0, 0.05) is 6.54 Å². The van der Waals surface area contributed by atoms with Gasteiger partial charge >= 0.3 is 0 Å². The predicted octanol–water partition coefficient (Wildman–Crippen LogP) is -0.703. The zero-order valence-corrected chi connectivity index (χ0v) is 10.2. The molecular weight excluding hydrogens is 242 g/mol. The van der Waals surface area contributed by atoms with Crippen LogP contribution in [0.5, 0.6) is 0 Å². The number of carbonyl (C=O) groups excluding carboxylic acids is 1. The first-order valence-corrected chi connectivity index (χ1v) is 6.50. The Labute approximate surface area is 100 Å². The Morgan fingerprint density at radius 3 is 2.65 bits per heavy atom. The first-order valence-electron chi connectivity index (χ1n) is 4.96. The normalized spacial score (nSPS) is 13.1. The Kier molecular flexibility index (Phi) is 4.22. The van der Waals surface area contributed by atoms with Gasteiger partial charge < -0.3 is 11.1 Å². The third-order valence-corrected chi connectivity index (χ3v) is 3.02. The van der Waals surface area contributed by atoms with Crippen molar-refractivity contribution in [3.63, 3.8) is 0 Å². The van der Waals surface area contributed by atoms with E-state index in [1.54, 1.807) is 19.1 Å². The highest BCUT2D eigenvalue weighted by atomic mass is 32.2. The lowest BCUT2D eigenvalue weighted by molar-refractivity contribution is -0.122. The van der Waals surface area contributed by atoms with Crippen LogP contribution in [0.3, 0.4) is 0 Å². The topological polar surface area (TPSA) is 115 Å². The summed E-state index contributed by atoms with van der Waals surface area (Å²) >= 11 is 0. The van der Waals surface area contributed by atoms with Crippen LogP contribution in [0.1, 0.15) is 12.5 Å². The lowest BCUT2D eigenvalue weighted by Gasteiger charge is -2.08. The Morgan fingerprint density at radius 1 is 1.47 bits per heavy atom. The zero-order chi connectivity index (χ0) is 13.1. The van der Waals surface area contributed by atoms with Crippen molar-refractivity contribution in [2.45, 2.75) is 24.4 Å². The number of primary sulfonamides is 1. The molecule has 1 aromatic carbocycles. The van der Waals surface area contributed by atoms with Gasteiger partial charge in [0.05, 0.1) is 10.9 Å². The number of rotatable bonds is 4. The highest BCUT2D eigenvalue weighted by molar-refractivity contribution is 7.89. The molecule has 0 aliphatic rings. The number of carbonyl (C=O) groups is 1. The molecule has 1 rings (SSSR count). The Morgan fingerprint density at radius 2 is 2.12 bits per heavy atom. The molecule has 1 aromatic rings. The molecule has 94 valence electrons. The summed E-state index contributed by atoms with van der Waals surface area (Å²) in [6, 6.07) is 5.46. The molecule has 5 N–H and O–H groups in total. The number of nitrogens with one attached hydrogen (secondary N) is 1. The minimum Gasteiger partial charge on any atom is -0.351 e. The lowest BCUT2D eigenvalue weighted by atomic mass is 10.2. The van der Waals surface area contributed by atoms with Crippen molar-refractivity contribution in [2.75, 3.05) is 0 Å². The van der Waals surface area contributed by atoms with Gasteiger partial charge in [0.2, 0.25) is 15.9 Å². The van der Waals surface area contributed by atoms with Gasteiger partial charge in [-0.25, -0.2) is 13.6 Å². The molecule has 0 fully saturated rings. The van der Waals surface area contributed by atoms with Gasteiger partial charge in [-0.1, -0.05) is 12.1 Å². The Balaban J connectivity index is 2.77. The monoisotopic (exact) mass is 257 g/mol. The minimum absolute atomic E-state index is 0.0186. The smallest absolute Gasteiger partial charge is 0.238 e. The summed E-state index contributed by atoms with van der Waals surface area (Å²) in [6.45, 7) is 1.78. The van der Waals surface area contributed by atoms with E-state index in [1.165, 1.54) is 12.1 Å². The molecule has 0 radical (unpaired) electrons. The number of hydrogen-bond acceptors (Lipinski definition) is 4. The SMILES string of the molecule is C[C@H](N)C(=O)NCc1cccc(S(N)(=O)=O)c1. The second kappa shape index (κ2) is 5.26. The van der Waals surface area contributed by atoms with Gasteiger partial charge in [-0.15, -0.1) is 0 Å². The fraction of sp³-hybridized carbons (Fsp3) is 0.300. The third-order valence-electron chi connectivity index (χ3n) is 2.11. The van der Waals surface area contributed by atoms with Crippen molar-refractivity contribution >= 4 is 15.9 Å². The van der Waals surface area contributed by atoms with E-state index in [2.05, 4.69) is 5.32 Å². The molecule has 0 spiro atoms. The maximum atomic E-state index is 11.2. The van der Waals surface area contributed by atoms with Crippen LogP contribution in [0.15, 0.2) is 29.2 Å². The largest absolute Gasteiger partial charge is 0.351 e. The van der Waals surface area contributed by atoms with Crippen molar-refractivity contribution in [3.05, 3.63) is 29.8 Å². The highest BCUT2D eigenvalue weighted by Crippen LogP contribution is 2.09. The molecular formula is C10H15N3O3S. The van der Waals surface area contributed by atoms with Crippen molar-refractivity contribution in [2.24, 2.45) is 10.9 Å². The van der Waals surface area contributed by atoms with Crippen LogP contribution in [-0.4, -0.2) is 20.4 Å². The van der Waals surface area contributed by atoms with Crippen LogP contribution < -0.4 is 16.2 Å². The minimum atomic E-state index is -3.72. The van der Waals surface area contributed by atoms with Crippen molar-refractivity contribution in [1.29, 1.82) is 0 Å². The molecule has 0 aliphatic heterocycles. The fourth-order valence-electron chi connectivity index (χ4n) is 1.18. The molecule has 1 atom stereocenters. The van der Waals surface area contributed by atoms with Crippen LogP contribution in [0.4, 0.5) is 0 Å². The van der Waals surface area contributed by atoms with Crippen molar-refractivity contribution < 1.29 is 13.2 Å². The molecule has 7 heteroatoms. The molecule has 1 amide bonds. The summed E-state index contributed by atoms with van der Waals surface area (Å²) in [5.74, 6) is -0.300. The molecule has 0 unspecified atom stereocenters. The van der Waals surface area contributed by atoms with Gasteiger partial charge in [-0.05, 0) is 24.6 Å². The summed E-state index contributed by atoms with van der Waals surface area (Å²) in [5.41, 5.74) is 6.02. The molecule has 0 bridgehead atoms. The second-order valence-corrected chi connectivity index (χ2v) is 5.26. The number of amides is 1. The zero-order valence-electron chi connectivity index (χ0n) is 9.38. The first kappa shape index (κ1) is 13.6. The quantitative estimate of drug-likeness (QED) is 0.661. The molecule has 6 nitrogen and oxygen atoms in total. The van der Waals surface area contributed by atoms with E-state index in [0.29, 0.717) is 5.56 Å². The maximum absolute atomic E-state index is 11.2. The van der Waals surface area contributed by atoms with E-state index < -0.39 is 16.1 Å². The van der Waals surface area contributed by atoms with E-state index in [1.807, 2.05) is 0 Å². The number of nitrogens with two attached hydrogens (primary N) is 2. The number of benzene rings is 1. The van der Waals surface area contributed by atoms with Crippen LogP contribution in [0, 0.1) is 0 Å². The molecule has 0 saturated carbocycles. The predicted molar refractivity (Wildman–Crippen MR) is 63.3 cm³/mol. The van der Waals surface area contributed by atoms with Crippen LogP contribution in [0.25, 0.3) is 0 Å². The third kappa shape index (κ3) is 4.14. The van der Waals surface area contributed by atoms with Crippen LogP contribution >= 0.6 is 0 Å². The van der Waals surface area contributed by atoms with E-state index in [-0.39, 0.29) is 17.3 Å². The molecule has 0 saturated heterocycles. The summed E-state index contributed by atoms with van der Waals surface area (Å²) in [6.07, 6.45) is 0. The van der Waals surface area contributed by atoms with E-state index in [4.69, 9.17) is 10.9 Å².